The van der Waals surface area contributed by atoms with Gasteiger partial charge in [-0.15, -0.1) is 0 Å². The summed E-state index contributed by atoms with van der Waals surface area (Å²) in [6.45, 7) is 0.705. The Balaban J connectivity index is 1.29. The lowest BCUT2D eigenvalue weighted by molar-refractivity contribution is -0.116. The zero-order valence-electron chi connectivity index (χ0n) is 17.3. The van der Waals surface area contributed by atoms with Crippen LogP contribution in [-0.4, -0.2) is 15.5 Å². The molecule has 0 aliphatic heterocycles. The molecule has 0 saturated heterocycles. The lowest BCUT2D eigenvalue weighted by Crippen LogP contribution is -2.21. The predicted octanol–water partition coefficient (Wildman–Crippen LogP) is 4.53. The quantitative estimate of drug-likeness (QED) is 0.445. The number of hydrogen-bond acceptors (Lipinski definition) is 4. The third-order valence-corrected chi connectivity index (χ3v) is 4.97. The normalized spacial score (nSPS) is 10.8. The minimum absolute atomic E-state index is 0.109. The topological polar surface area (TPSA) is 73.2 Å². The van der Waals surface area contributed by atoms with Crippen molar-refractivity contribution in [1.82, 2.24) is 9.55 Å². The number of anilines is 1. The number of aromatic nitrogens is 2. The highest BCUT2D eigenvalue weighted by Gasteiger charge is 2.07. The van der Waals surface area contributed by atoms with Gasteiger partial charge in [-0.05, 0) is 48.4 Å². The molecular weight excluding hydrogens is 409 g/mol. The van der Waals surface area contributed by atoms with Crippen LogP contribution in [0.1, 0.15) is 18.4 Å². The average Bonchev–Trinajstić information content (AvgIpc) is 2.81. The van der Waals surface area contributed by atoms with Gasteiger partial charge in [-0.1, -0.05) is 30.3 Å². The second-order valence-corrected chi connectivity index (χ2v) is 7.35. The van der Waals surface area contributed by atoms with E-state index >= 15 is 0 Å². The molecule has 0 saturated carbocycles. The number of fused-ring (bicyclic) bond motifs is 1. The van der Waals surface area contributed by atoms with Gasteiger partial charge in [-0.2, -0.15) is 0 Å². The number of carbonyl (C=O) groups excluding carboxylic acids is 1. The van der Waals surface area contributed by atoms with Crippen LogP contribution in [-0.2, 0) is 17.9 Å². The fourth-order valence-electron chi connectivity index (χ4n) is 3.31. The molecule has 1 heterocycles. The molecule has 3 aromatic carbocycles. The summed E-state index contributed by atoms with van der Waals surface area (Å²) < 4.78 is 20.2. The van der Waals surface area contributed by atoms with Gasteiger partial charge in [0.2, 0.25) is 5.91 Å². The first-order valence-electron chi connectivity index (χ1n) is 10.3. The van der Waals surface area contributed by atoms with Gasteiger partial charge in [0.1, 0.15) is 18.2 Å². The first kappa shape index (κ1) is 21.2. The Morgan fingerprint density at radius 3 is 2.69 bits per heavy atom. The van der Waals surface area contributed by atoms with Gasteiger partial charge >= 0.3 is 0 Å². The highest BCUT2D eigenvalue weighted by Crippen LogP contribution is 2.19. The molecule has 4 rings (SSSR count). The number of halogens is 1. The second-order valence-electron chi connectivity index (χ2n) is 7.35. The van der Waals surface area contributed by atoms with Gasteiger partial charge in [0, 0.05) is 24.7 Å². The second kappa shape index (κ2) is 9.87. The number of carbonyl (C=O) groups is 1. The lowest BCUT2D eigenvalue weighted by Gasteiger charge is -2.10. The summed E-state index contributed by atoms with van der Waals surface area (Å²) in [6, 6.07) is 20.4. The van der Waals surface area contributed by atoms with Gasteiger partial charge in [0.05, 0.1) is 17.2 Å². The van der Waals surface area contributed by atoms with E-state index in [1.54, 1.807) is 54.6 Å². The largest absolute Gasteiger partial charge is 0.489 e. The highest BCUT2D eigenvalue weighted by molar-refractivity contribution is 5.90. The number of ether oxygens (including phenoxy) is 1. The fourth-order valence-corrected chi connectivity index (χ4v) is 3.31. The van der Waals surface area contributed by atoms with Crippen molar-refractivity contribution >= 4 is 22.5 Å². The third kappa shape index (κ3) is 5.37. The molecule has 0 unspecified atom stereocenters. The smallest absolute Gasteiger partial charge is 0.261 e. The van der Waals surface area contributed by atoms with E-state index in [-0.39, 0.29) is 23.7 Å². The number of nitrogens with zero attached hydrogens (tertiary/aromatic N) is 2. The van der Waals surface area contributed by atoms with Crippen molar-refractivity contribution in [3.8, 4) is 5.75 Å². The third-order valence-electron chi connectivity index (χ3n) is 4.97. The molecule has 32 heavy (non-hydrogen) atoms. The van der Waals surface area contributed by atoms with Crippen molar-refractivity contribution in [2.75, 3.05) is 5.32 Å². The molecule has 0 spiro atoms. The zero-order chi connectivity index (χ0) is 22.3. The Morgan fingerprint density at radius 1 is 1.03 bits per heavy atom. The van der Waals surface area contributed by atoms with Crippen LogP contribution >= 0.6 is 0 Å². The van der Waals surface area contributed by atoms with Crippen molar-refractivity contribution in [2.24, 2.45) is 0 Å². The van der Waals surface area contributed by atoms with Crippen LogP contribution in [0.4, 0.5) is 10.1 Å². The molecule has 0 aliphatic carbocycles. The van der Waals surface area contributed by atoms with E-state index in [2.05, 4.69) is 10.3 Å². The van der Waals surface area contributed by atoms with E-state index in [1.807, 2.05) is 6.07 Å². The number of rotatable bonds is 8. The van der Waals surface area contributed by atoms with E-state index in [0.717, 1.165) is 5.56 Å². The van der Waals surface area contributed by atoms with Crippen LogP contribution < -0.4 is 15.6 Å². The summed E-state index contributed by atoms with van der Waals surface area (Å²) in [7, 11) is 0. The molecule has 0 fully saturated rings. The van der Waals surface area contributed by atoms with E-state index in [0.29, 0.717) is 41.9 Å². The Labute approximate surface area is 184 Å². The monoisotopic (exact) mass is 431 g/mol. The summed E-state index contributed by atoms with van der Waals surface area (Å²) >= 11 is 0. The molecule has 0 bridgehead atoms. The summed E-state index contributed by atoms with van der Waals surface area (Å²) in [4.78, 5) is 29.1. The number of para-hydroxylation sites is 1. The lowest BCUT2D eigenvalue weighted by atomic mass is 10.2. The average molecular weight is 431 g/mol. The van der Waals surface area contributed by atoms with Gasteiger partial charge in [-0.3, -0.25) is 14.2 Å². The van der Waals surface area contributed by atoms with Crippen LogP contribution in [0.25, 0.3) is 10.9 Å². The zero-order valence-corrected chi connectivity index (χ0v) is 17.3. The Bertz CT molecular complexity index is 1290. The molecule has 0 atom stereocenters. The van der Waals surface area contributed by atoms with E-state index in [9.17, 15) is 14.0 Å². The van der Waals surface area contributed by atoms with Crippen LogP contribution in [0.3, 0.4) is 0 Å². The van der Waals surface area contributed by atoms with Crippen molar-refractivity contribution in [1.29, 1.82) is 0 Å². The number of hydrogen-bond donors (Lipinski definition) is 1. The molecule has 0 radical (unpaired) electrons. The number of aryl methyl sites for hydroxylation is 1. The van der Waals surface area contributed by atoms with Gasteiger partial charge in [0.15, 0.2) is 0 Å². The minimum atomic E-state index is -0.291. The molecule has 7 heteroatoms. The maximum Gasteiger partial charge on any atom is 0.261 e. The molecule has 1 amide bonds. The number of benzene rings is 3. The highest BCUT2D eigenvalue weighted by atomic mass is 19.1. The summed E-state index contributed by atoms with van der Waals surface area (Å²) in [6.07, 6.45) is 2.29. The van der Waals surface area contributed by atoms with Crippen molar-refractivity contribution in [2.45, 2.75) is 26.0 Å². The molecule has 1 aromatic heterocycles. The molecule has 4 aromatic rings. The minimum Gasteiger partial charge on any atom is -0.489 e. The summed E-state index contributed by atoms with van der Waals surface area (Å²) in [5, 5.41) is 3.41. The number of amides is 1. The Morgan fingerprint density at radius 2 is 1.84 bits per heavy atom. The number of nitrogens with one attached hydrogen (secondary N) is 1. The predicted molar refractivity (Wildman–Crippen MR) is 121 cm³/mol. The molecular formula is C25H22FN3O3. The summed E-state index contributed by atoms with van der Waals surface area (Å²) in [5.74, 6) is 0.156. The van der Waals surface area contributed by atoms with Gasteiger partial charge in [0.25, 0.3) is 5.56 Å². The Kier molecular flexibility index (Phi) is 6.55. The van der Waals surface area contributed by atoms with E-state index in [1.165, 1.54) is 23.0 Å². The Hall–Kier alpha value is -4.00. The maximum absolute atomic E-state index is 13.0. The van der Waals surface area contributed by atoms with Gasteiger partial charge < -0.3 is 10.1 Å². The maximum atomic E-state index is 13.0. The SMILES string of the molecule is O=C(CCCn1cnc2ccccc2c1=O)Nc1cccc(OCc2ccc(F)cc2)c1. The first-order chi connectivity index (χ1) is 15.6. The van der Waals surface area contributed by atoms with Crippen LogP contribution in [0.15, 0.2) is 83.9 Å². The van der Waals surface area contributed by atoms with Crippen molar-refractivity contribution < 1.29 is 13.9 Å². The van der Waals surface area contributed by atoms with Crippen LogP contribution in [0.2, 0.25) is 0 Å². The summed E-state index contributed by atoms with van der Waals surface area (Å²) in [5.41, 5.74) is 2.02. The molecule has 162 valence electrons. The van der Waals surface area contributed by atoms with E-state index < -0.39 is 0 Å². The standard InChI is InChI=1S/C25H22FN3O3/c26-19-12-10-18(11-13-19)16-32-21-6-3-5-20(15-21)28-24(30)9-4-14-29-17-27-23-8-2-1-7-22(23)25(29)31/h1-3,5-8,10-13,15,17H,4,9,14,16H2,(H,28,30). The van der Waals surface area contributed by atoms with Crippen LogP contribution in [0.5, 0.6) is 5.75 Å². The van der Waals surface area contributed by atoms with Crippen molar-refractivity contribution in [3.63, 3.8) is 0 Å². The fraction of sp³-hybridized carbons (Fsp3) is 0.160. The van der Waals surface area contributed by atoms with Crippen LogP contribution in [0, 0.1) is 5.82 Å². The molecule has 0 aliphatic rings. The molecule has 1 N–H and O–H groups in total. The van der Waals surface area contributed by atoms with Gasteiger partial charge in [-0.25, -0.2) is 9.37 Å². The molecule has 6 nitrogen and oxygen atoms in total. The van der Waals surface area contributed by atoms with Crippen molar-refractivity contribution in [3.05, 3.63) is 101 Å². The first-order valence-corrected chi connectivity index (χ1v) is 10.3. The van der Waals surface area contributed by atoms with E-state index in [4.69, 9.17) is 4.74 Å².